The lowest BCUT2D eigenvalue weighted by molar-refractivity contribution is 0.0530. The van der Waals surface area contributed by atoms with Gasteiger partial charge in [-0.05, 0) is 50.8 Å². The Kier molecular flexibility index (Phi) is 9.71. The van der Waals surface area contributed by atoms with Crippen molar-refractivity contribution in [2.75, 3.05) is 26.3 Å². The van der Waals surface area contributed by atoms with Gasteiger partial charge in [-0.3, -0.25) is 4.99 Å². The number of nitrogens with zero attached hydrogens (tertiary/aromatic N) is 1. The van der Waals surface area contributed by atoms with Crippen molar-refractivity contribution >= 4 is 29.9 Å². The van der Waals surface area contributed by atoms with Crippen LogP contribution in [-0.4, -0.2) is 38.3 Å². The molecule has 0 amide bonds. The van der Waals surface area contributed by atoms with Crippen molar-refractivity contribution in [3.8, 4) is 0 Å². The summed E-state index contributed by atoms with van der Waals surface area (Å²) in [5.74, 6) is 0.649. The Bertz CT molecular complexity index is 530. The Morgan fingerprint density at radius 1 is 1.24 bits per heavy atom. The molecule has 1 aromatic rings. The first kappa shape index (κ1) is 22.2. The van der Waals surface area contributed by atoms with Crippen molar-refractivity contribution in [1.82, 2.24) is 10.6 Å². The van der Waals surface area contributed by atoms with Crippen LogP contribution in [0.3, 0.4) is 0 Å². The topological polar surface area (TPSA) is 45.7 Å². The molecular weight excluding hydrogens is 432 g/mol. The van der Waals surface area contributed by atoms with Crippen molar-refractivity contribution < 1.29 is 9.13 Å². The summed E-state index contributed by atoms with van der Waals surface area (Å²) in [5.41, 5.74) is 1.07. The fraction of sp³-hybridized carbons (Fsp3) is 0.632. The van der Waals surface area contributed by atoms with Crippen molar-refractivity contribution in [3.63, 3.8) is 0 Å². The lowest BCUT2D eigenvalue weighted by Crippen LogP contribution is -2.44. The second-order valence-corrected chi connectivity index (χ2v) is 6.55. The largest absolute Gasteiger partial charge is 0.381 e. The number of benzene rings is 1. The van der Waals surface area contributed by atoms with Gasteiger partial charge in [0.15, 0.2) is 5.96 Å². The van der Waals surface area contributed by atoms with E-state index in [9.17, 15) is 4.39 Å². The van der Waals surface area contributed by atoms with Gasteiger partial charge in [0.05, 0.1) is 6.54 Å². The van der Waals surface area contributed by atoms with Crippen LogP contribution in [0.5, 0.6) is 0 Å². The molecule has 6 heteroatoms. The molecule has 1 atom stereocenters. The Labute approximate surface area is 168 Å². The van der Waals surface area contributed by atoms with E-state index in [-0.39, 0.29) is 35.2 Å². The van der Waals surface area contributed by atoms with Crippen LogP contribution in [-0.2, 0) is 10.2 Å². The summed E-state index contributed by atoms with van der Waals surface area (Å²) in [6.07, 6.45) is 2.86. The molecular formula is C19H31FIN3O. The number of guanidine groups is 1. The molecule has 1 aromatic carbocycles. The summed E-state index contributed by atoms with van der Waals surface area (Å²) in [6, 6.07) is 7.24. The zero-order valence-electron chi connectivity index (χ0n) is 15.5. The van der Waals surface area contributed by atoms with Crippen molar-refractivity contribution in [2.45, 2.75) is 51.5 Å². The minimum Gasteiger partial charge on any atom is -0.381 e. The summed E-state index contributed by atoms with van der Waals surface area (Å²) in [6.45, 7) is 9.32. The fourth-order valence-corrected chi connectivity index (χ4v) is 2.99. The number of hydrogen-bond acceptors (Lipinski definition) is 2. The number of aliphatic imine (C=N–C) groups is 1. The third-order valence-corrected chi connectivity index (χ3v) is 4.79. The molecule has 0 spiro atoms. The summed E-state index contributed by atoms with van der Waals surface area (Å²) in [5, 5.41) is 6.75. The lowest BCUT2D eigenvalue weighted by atomic mass is 9.74. The Balaban J connectivity index is 0.00000312. The van der Waals surface area contributed by atoms with Gasteiger partial charge >= 0.3 is 0 Å². The van der Waals surface area contributed by atoms with Gasteiger partial charge in [0.25, 0.3) is 0 Å². The van der Waals surface area contributed by atoms with E-state index < -0.39 is 0 Å². The molecule has 1 aliphatic rings. The van der Waals surface area contributed by atoms with E-state index in [0.29, 0.717) is 12.6 Å². The maximum Gasteiger partial charge on any atom is 0.191 e. The van der Waals surface area contributed by atoms with Gasteiger partial charge in [-0.25, -0.2) is 4.39 Å². The van der Waals surface area contributed by atoms with Gasteiger partial charge in [0, 0.05) is 31.2 Å². The molecule has 25 heavy (non-hydrogen) atoms. The Hall–Kier alpha value is -0.890. The first-order chi connectivity index (χ1) is 11.6. The van der Waals surface area contributed by atoms with Crippen LogP contribution in [0, 0.1) is 5.82 Å². The quantitative estimate of drug-likeness (QED) is 0.383. The van der Waals surface area contributed by atoms with E-state index >= 15 is 0 Å². The van der Waals surface area contributed by atoms with Crippen LogP contribution < -0.4 is 10.6 Å². The van der Waals surface area contributed by atoms with Crippen LogP contribution in [0.4, 0.5) is 4.39 Å². The maximum atomic E-state index is 13.3. The minimum absolute atomic E-state index is 0. The molecule has 0 bridgehead atoms. The molecule has 2 N–H and O–H groups in total. The van der Waals surface area contributed by atoms with Crippen LogP contribution in [0.25, 0.3) is 0 Å². The predicted octanol–water partition coefficient (Wildman–Crippen LogP) is 3.85. The number of halogens is 2. The van der Waals surface area contributed by atoms with Crippen LogP contribution in [0.15, 0.2) is 29.3 Å². The highest BCUT2D eigenvalue weighted by Gasteiger charge is 2.34. The molecule has 0 radical (unpaired) electrons. The molecule has 4 nitrogen and oxygen atoms in total. The molecule has 142 valence electrons. The fourth-order valence-electron chi connectivity index (χ4n) is 2.99. The zero-order valence-corrected chi connectivity index (χ0v) is 17.8. The molecule has 0 aliphatic carbocycles. The molecule has 1 fully saturated rings. The van der Waals surface area contributed by atoms with Gasteiger partial charge < -0.3 is 15.4 Å². The standard InChI is InChI=1S/C19H30FN3O.HI/c1-4-15(3)23-18(21-5-2)22-14-19(10-12-24-13-11-19)16-6-8-17(20)9-7-16;/h6-9,15H,4-5,10-14H2,1-3H3,(H2,21,22,23);1H. The molecule has 0 saturated carbocycles. The predicted molar refractivity (Wildman–Crippen MR) is 112 cm³/mol. The lowest BCUT2D eigenvalue weighted by Gasteiger charge is -2.36. The normalized spacial score (nSPS) is 18.2. The summed E-state index contributed by atoms with van der Waals surface area (Å²) < 4.78 is 18.9. The number of ether oxygens (including phenoxy) is 1. The number of nitrogens with one attached hydrogen (secondary N) is 2. The van der Waals surface area contributed by atoms with Crippen LogP contribution in [0.2, 0.25) is 0 Å². The first-order valence-corrected chi connectivity index (χ1v) is 8.98. The van der Waals surface area contributed by atoms with Gasteiger partial charge in [0.1, 0.15) is 5.82 Å². The minimum atomic E-state index is -0.198. The van der Waals surface area contributed by atoms with Gasteiger partial charge in [-0.2, -0.15) is 0 Å². The van der Waals surface area contributed by atoms with E-state index in [4.69, 9.17) is 9.73 Å². The van der Waals surface area contributed by atoms with Crippen molar-refractivity contribution in [1.29, 1.82) is 0 Å². The van der Waals surface area contributed by atoms with Crippen LogP contribution >= 0.6 is 24.0 Å². The second kappa shape index (κ2) is 11.0. The Morgan fingerprint density at radius 3 is 2.44 bits per heavy atom. The van der Waals surface area contributed by atoms with E-state index in [1.54, 1.807) is 12.1 Å². The summed E-state index contributed by atoms with van der Waals surface area (Å²) in [4.78, 5) is 4.84. The highest BCUT2D eigenvalue weighted by molar-refractivity contribution is 14.0. The summed E-state index contributed by atoms with van der Waals surface area (Å²) >= 11 is 0. The number of hydrogen-bond donors (Lipinski definition) is 2. The molecule has 0 aromatic heterocycles. The first-order valence-electron chi connectivity index (χ1n) is 8.98. The summed E-state index contributed by atoms with van der Waals surface area (Å²) in [7, 11) is 0. The second-order valence-electron chi connectivity index (χ2n) is 6.55. The smallest absolute Gasteiger partial charge is 0.191 e. The number of rotatable bonds is 6. The van der Waals surface area contributed by atoms with Crippen LogP contribution in [0.1, 0.15) is 45.6 Å². The average Bonchev–Trinajstić information content (AvgIpc) is 2.61. The molecule has 1 saturated heterocycles. The zero-order chi connectivity index (χ0) is 17.4. The van der Waals surface area contributed by atoms with E-state index in [0.717, 1.165) is 50.5 Å². The highest BCUT2D eigenvalue weighted by atomic mass is 127. The van der Waals surface area contributed by atoms with Gasteiger partial charge in [0.2, 0.25) is 0 Å². The van der Waals surface area contributed by atoms with E-state index in [1.807, 2.05) is 12.1 Å². The van der Waals surface area contributed by atoms with Crippen molar-refractivity contribution in [2.24, 2.45) is 4.99 Å². The highest BCUT2D eigenvalue weighted by Crippen LogP contribution is 2.35. The van der Waals surface area contributed by atoms with E-state index in [2.05, 4.69) is 31.4 Å². The van der Waals surface area contributed by atoms with Crippen molar-refractivity contribution in [3.05, 3.63) is 35.6 Å². The third-order valence-electron chi connectivity index (χ3n) is 4.79. The average molecular weight is 463 g/mol. The van der Waals surface area contributed by atoms with Gasteiger partial charge in [-0.1, -0.05) is 19.1 Å². The molecule has 1 unspecified atom stereocenters. The van der Waals surface area contributed by atoms with Gasteiger partial charge in [-0.15, -0.1) is 24.0 Å². The third kappa shape index (κ3) is 6.40. The molecule has 2 rings (SSSR count). The maximum absolute atomic E-state index is 13.3. The van der Waals surface area contributed by atoms with E-state index in [1.165, 1.54) is 0 Å². The Morgan fingerprint density at radius 2 is 1.88 bits per heavy atom. The monoisotopic (exact) mass is 463 g/mol. The molecule has 1 aliphatic heterocycles. The molecule has 1 heterocycles. The SMILES string of the molecule is CCNC(=NCC1(c2ccc(F)cc2)CCOCC1)NC(C)CC.I.